The quantitative estimate of drug-likeness (QED) is 0.376. The van der Waals surface area contributed by atoms with Crippen LogP contribution in [0.15, 0.2) is 59.8 Å². The molecule has 0 aliphatic rings. The molecular weight excluding hydrogens is 494 g/mol. The van der Waals surface area contributed by atoms with Crippen LogP contribution < -0.4 is 19.5 Å². The highest BCUT2D eigenvalue weighted by Gasteiger charge is 2.22. The molecule has 4 aromatic rings. The Morgan fingerprint density at radius 1 is 0.917 bits per heavy atom. The Morgan fingerprint density at radius 2 is 1.69 bits per heavy atom. The minimum absolute atomic E-state index is 0.0576. The van der Waals surface area contributed by atoms with E-state index in [1.165, 1.54) is 39.6 Å². The summed E-state index contributed by atoms with van der Waals surface area (Å²) in [6.07, 6.45) is 2.95. The first kappa shape index (κ1) is 24.8. The number of hydrogen-bond acceptors (Lipinski definition) is 7. The molecule has 0 aliphatic heterocycles. The molecule has 12 heteroatoms. The molecule has 0 saturated heterocycles. The summed E-state index contributed by atoms with van der Waals surface area (Å²) in [5.41, 5.74) is 2.03. The highest BCUT2D eigenvalue weighted by Crippen LogP contribution is 2.36. The lowest BCUT2D eigenvalue weighted by atomic mass is 10.0. The third kappa shape index (κ3) is 4.89. The molecule has 0 unspecified atom stereocenters. The normalized spacial score (nSPS) is 11.2. The molecule has 2 aromatic heterocycles. The molecule has 186 valence electrons. The van der Waals surface area contributed by atoms with Crippen LogP contribution in [0, 0.1) is 11.6 Å². The summed E-state index contributed by atoms with van der Waals surface area (Å²) in [5.74, 6) is -2.10. The number of ether oxygens (including phenoxy) is 2. The monoisotopic (exact) mass is 514 g/mol. The third-order valence-corrected chi connectivity index (χ3v) is 6.54. The Labute approximate surface area is 205 Å². The maximum Gasteiger partial charge on any atom is 0.264 e. The van der Waals surface area contributed by atoms with Crippen LogP contribution >= 0.6 is 0 Å². The van der Waals surface area contributed by atoms with Crippen molar-refractivity contribution in [2.45, 2.75) is 11.8 Å². The molecule has 0 atom stereocenters. The first-order chi connectivity index (χ1) is 17.1. The van der Waals surface area contributed by atoms with Crippen LogP contribution in [0.1, 0.15) is 6.92 Å². The molecule has 0 radical (unpaired) electrons. The van der Waals surface area contributed by atoms with Crippen molar-refractivity contribution in [3.63, 3.8) is 0 Å². The van der Waals surface area contributed by atoms with Gasteiger partial charge in [-0.2, -0.15) is 0 Å². The van der Waals surface area contributed by atoms with Crippen LogP contribution in [0.25, 0.3) is 22.0 Å². The van der Waals surface area contributed by atoms with Crippen molar-refractivity contribution in [2.24, 2.45) is 0 Å². The number of nitrogens with zero attached hydrogens (tertiary/aromatic N) is 2. The smallest absolute Gasteiger partial charge is 0.264 e. The number of rotatable bonds is 7. The fourth-order valence-corrected chi connectivity index (χ4v) is 4.69. The Hall–Kier alpha value is -4.32. The Bertz CT molecular complexity index is 1600. The first-order valence-electron chi connectivity index (χ1n) is 10.4. The van der Waals surface area contributed by atoms with Gasteiger partial charge >= 0.3 is 0 Å². The van der Waals surface area contributed by atoms with E-state index in [0.29, 0.717) is 39.5 Å². The zero-order chi connectivity index (χ0) is 26.0. The maximum atomic E-state index is 14.2. The largest absolute Gasteiger partial charge is 0.494 e. The summed E-state index contributed by atoms with van der Waals surface area (Å²) in [5, 5.41) is 3.25. The van der Waals surface area contributed by atoms with Gasteiger partial charge in [0, 0.05) is 30.1 Å². The number of carbonyl (C=O) groups excluding carboxylic acids is 1. The van der Waals surface area contributed by atoms with E-state index in [9.17, 15) is 22.0 Å². The van der Waals surface area contributed by atoms with Crippen LogP contribution in [0.5, 0.6) is 11.6 Å². The van der Waals surface area contributed by atoms with Gasteiger partial charge in [0.2, 0.25) is 11.8 Å². The number of pyridine rings is 2. The molecule has 2 N–H and O–H groups in total. The zero-order valence-electron chi connectivity index (χ0n) is 19.3. The summed E-state index contributed by atoms with van der Waals surface area (Å²) in [7, 11) is -1.68. The summed E-state index contributed by atoms with van der Waals surface area (Å²) in [6.45, 7) is 1.36. The zero-order valence-corrected chi connectivity index (χ0v) is 20.1. The van der Waals surface area contributed by atoms with Crippen molar-refractivity contribution in [2.75, 3.05) is 24.3 Å². The van der Waals surface area contributed by atoms with Crippen LogP contribution in [0.4, 0.5) is 20.2 Å². The number of aromatic nitrogens is 2. The number of amides is 1. The second kappa shape index (κ2) is 9.74. The SMILES string of the molecule is COc1ncc(-c2ccc3ncc(NC(C)=O)c(OC)c3c2)cc1NS(=O)(=O)c1ccc(F)cc1F. The second-order valence-electron chi connectivity index (χ2n) is 7.58. The molecule has 0 aliphatic carbocycles. The van der Waals surface area contributed by atoms with E-state index in [1.807, 2.05) is 0 Å². The van der Waals surface area contributed by atoms with Gasteiger partial charge in [-0.05, 0) is 35.9 Å². The lowest BCUT2D eigenvalue weighted by Gasteiger charge is -2.14. The predicted octanol–water partition coefficient (Wildman–Crippen LogP) is 4.35. The number of nitrogens with one attached hydrogen (secondary N) is 2. The highest BCUT2D eigenvalue weighted by molar-refractivity contribution is 7.92. The number of benzene rings is 2. The Balaban J connectivity index is 1.79. The molecule has 36 heavy (non-hydrogen) atoms. The maximum absolute atomic E-state index is 14.2. The van der Waals surface area contributed by atoms with Crippen molar-refractivity contribution in [3.05, 3.63) is 66.5 Å². The molecule has 0 spiro atoms. The first-order valence-corrected chi connectivity index (χ1v) is 11.9. The van der Waals surface area contributed by atoms with Gasteiger partial charge in [0.25, 0.3) is 10.0 Å². The fourth-order valence-electron chi connectivity index (χ4n) is 3.59. The van der Waals surface area contributed by atoms with Gasteiger partial charge in [-0.1, -0.05) is 6.07 Å². The number of carbonyl (C=O) groups is 1. The Morgan fingerprint density at radius 3 is 2.36 bits per heavy atom. The number of fused-ring (bicyclic) bond motifs is 1. The predicted molar refractivity (Wildman–Crippen MR) is 130 cm³/mol. The number of halogens is 2. The van der Waals surface area contributed by atoms with Crippen molar-refractivity contribution in [3.8, 4) is 22.8 Å². The van der Waals surface area contributed by atoms with E-state index in [4.69, 9.17) is 9.47 Å². The van der Waals surface area contributed by atoms with Crippen molar-refractivity contribution >= 4 is 38.2 Å². The third-order valence-electron chi connectivity index (χ3n) is 5.14. The lowest BCUT2D eigenvalue weighted by Crippen LogP contribution is -2.15. The van der Waals surface area contributed by atoms with E-state index in [-0.39, 0.29) is 17.5 Å². The summed E-state index contributed by atoms with van der Waals surface area (Å²) in [4.78, 5) is 19.3. The minimum Gasteiger partial charge on any atom is -0.494 e. The second-order valence-corrected chi connectivity index (χ2v) is 9.23. The van der Waals surface area contributed by atoms with Gasteiger partial charge in [-0.3, -0.25) is 14.5 Å². The molecule has 4 rings (SSSR count). The van der Waals surface area contributed by atoms with Crippen LogP contribution in [-0.4, -0.2) is 38.5 Å². The van der Waals surface area contributed by atoms with Gasteiger partial charge in [0.15, 0.2) is 5.75 Å². The molecule has 0 saturated carbocycles. The molecule has 2 heterocycles. The van der Waals surface area contributed by atoms with Gasteiger partial charge in [0.1, 0.15) is 27.9 Å². The van der Waals surface area contributed by atoms with E-state index in [2.05, 4.69) is 20.0 Å². The highest BCUT2D eigenvalue weighted by atomic mass is 32.2. The standard InChI is InChI=1S/C24H20F2N4O5S/c1-13(31)29-21-12-27-19-6-4-14(8-17(19)23(21)34-2)15-9-20(24(35-3)28-11-15)30-36(32,33)22-7-5-16(25)10-18(22)26/h4-12,30H,1-3H3,(H,29,31). The molecule has 0 bridgehead atoms. The molecule has 9 nitrogen and oxygen atoms in total. The van der Waals surface area contributed by atoms with E-state index in [1.54, 1.807) is 18.2 Å². The van der Waals surface area contributed by atoms with Gasteiger partial charge in [0.05, 0.1) is 25.9 Å². The minimum atomic E-state index is -4.44. The topological polar surface area (TPSA) is 120 Å². The summed E-state index contributed by atoms with van der Waals surface area (Å²) < 4.78 is 66.0. The van der Waals surface area contributed by atoms with Crippen LogP contribution in [0.2, 0.25) is 0 Å². The van der Waals surface area contributed by atoms with Crippen molar-refractivity contribution in [1.82, 2.24) is 9.97 Å². The van der Waals surface area contributed by atoms with Crippen LogP contribution in [0.3, 0.4) is 0 Å². The van der Waals surface area contributed by atoms with Crippen LogP contribution in [-0.2, 0) is 14.8 Å². The lowest BCUT2D eigenvalue weighted by molar-refractivity contribution is -0.114. The Kier molecular flexibility index (Phi) is 6.71. The molecular formula is C24H20F2N4O5S. The number of sulfonamides is 1. The summed E-state index contributed by atoms with van der Waals surface area (Å²) in [6, 6.07) is 8.83. The average Bonchev–Trinajstić information content (AvgIpc) is 2.82. The summed E-state index contributed by atoms with van der Waals surface area (Å²) >= 11 is 0. The average molecular weight is 515 g/mol. The van der Waals surface area contributed by atoms with Crippen molar-refractivity contribution < 1.29 is 31.5 Å². The van der Waals surface area contributed by atoms with Gasteiger partial charge < -0.3 is 14.8 Å². The molecule has 2 aromatic carbocycles. The van der Waals surface area contributed by atoms with Crippen molar-refractivity contribution in [1.29, 1.82) is 0 Å². The fraction of sp³-hybridized carbons (Fsp3) is 0.125. The number of anilines is 2. The van der Waals surface area contributed by atoms with Gasteiger partial charge in [-0.15, -0.1) is 0 Å². The van der Waals surface area contributed by atoms with E-state index >= 15 is 0 Å². The van der Waals surface area contributed by atoms with Gasteiger partial charge in [-0.25, -0.2) is 22.2 Å². The van der Waals surface area contributed by atoms with E-state index in [0.717, 1.165) is 12.1 Å². The number of hydrogen-bond donors (Lipinski definition) is 2. The molecule has 0 fully saturated rings. The van der Waals surface area contributed by atoms with E-state index < -0.39 is 26.6 Å². The number of methoxy groups -OCH3 is 2. The molecule has 1 amide bonds.